The van der Waals surface area contributed by atoms with Crippen LogP contribution >= 0.6 is 0 Å². The summed E-state index contributed by atoms with van der Waals surface area (Å²) in [5.74, 6) is 1.98. The van der Waals surface area contributed by atoms with E-state index in [0.717, 1.165) is 31.7 Å². The first-order chi connectivity index (χ1) is 14.2. The number of nitrogens with zero attached hydrogens (tertiary/aromatic N) is 1. The Morgan fingerprint density at radius 3 is 2.03 bits per heavy atom. The number of halogens is 1. The summed E-state index contributed by atoms with van der Waals surface area (Å²) in [6.45, 7) is 13.5. The smallest absolute Gasteiger partial charge is 0.270 e. The third-order valence-corrected chi connectivity index (χ3v) is 5.76. The Morgan fingerprint density at radius 2 is 1.47 bits per heavy atom. The lowest BCUT2D eigenvalue weighted by atomic mass is 9.84. The summed E-state index contributed by atoms with van der Waals surface area (Å²) >= 11 is 0. The highest BCUT2D eigenvalue weighted by Gasteiger charge is 2.51. The van der Waals surface area contributed by atoms with E-state index in [4.69, 9.17) is 9.47 Å². The van der Waals surface area contributed by atoms with E-state index in [-0.39, 0.29) is 17.9 Å². The standard InChI is InChI=1S/C27H42NO2.ClH.H2O/c1-8-29-19-18-28(6,7)27(21-23(4)5,30-25-15-10-9-11-16-25)26-17-13-12-14-24(26)20-22(2)3;;/h9-17,22-23H,8,18-21H2,1-7H3;1H;1H2/q+1;;/p-1. The van der Waals surface area contributed by atoms with E-state index in [9.17, 15) is 0 Å². The van der Waals surface area contributed by atoms with Gasteiger partial charge in [-0.05, 0) is 48.9 Å². The van der Waals surface area contributed by atoms with Crippen molar-refractivity contribution < 1.29 is 31.8 Å². The van der Waals surface area contributed by atoms with Gasteiger partial charge in [-0.25, -0.2) is 0 Å². The SMILES string of the molecule is CCOCC[N+](C)(C)C(CC(C)C)(Oc1ccccc1)c1ccccc1CC(C)C.O.[Cl-]. The predicted octanol–water partition coefficient (Wildman–Crippen LogP) is 2.46. The lowest BCUT2D eigenvalue weighted by molar-refractivity contribution is -0.973. The van der Waals surface area contributed by atoms with Gasteiger partial charge >= 0.3 is 0 Å². The summed E-state index contributed by atoms with van der Waals surface area (Å²) < 4.78 is 13.5. The van der Waals surface area contributed by atoms with E-state index in [1.54, 1.807) is 0 Å². The third-order valence-electron chi connectivity index (χ3n) is 5.76. The van der Waals surface area contributed by atoms with Crippen molar-refractivity contribution in [2.24, 2.45) is 11.8 Å². The Balaban J connectivity index is 0.00000480. The number of rotatable bonds is 12. The van der Waals surface area contributed by atoms with E-state index >= 15 is 0 Å². The van der Waals surface area contributed by atoms with Crippen molar-refractivity contribution in [3.63, 3.8) is 0 Å². The van der Waals surface area contributed by atoms with Gasteiger partial charge in [0.2, 0.25) is 0 Å². The van der Waals surface area contributed by atoms with E-state index < -0.39 is 5.72 Å². The molecule has 0 aliphatic heterocycles. The molecule has 0 aromatic heterocycles. The molecular weight excluding hydrogens is 422 g/mol. The molecule has 0 heterocycles. The molecule has 0 radical (unpaired) electrons. The summed E-state index contributed by atoms with van der Waals surface area (Å²) in [4.78, 5) is 0. The molecule has 182 valence electrons. The second-order valence-electron chi connectivity index (χ2n) is 9.66. The molecule has 0 spiro atoms. The Hall–Kier alpha value is -1.59. The van der Waals surface area contributed by atoms with Crippen LogP contribution in [0.4, 0.5) is 0 Å². The zero-order valence-corrected chi connectivity index (χ0v) is 21.8. The lowest BCUT2D eigenvalue weighted by Gasteiger charge is -2.49. The second-order valence-corrected chi connectivity index (χ2v) is 9.66. The molecule has 1 atom stereocenters. The Labute approximate surface area is 202 Å². The molecule has 2 rings (SSSR count). The van der Waals surface area contributed by atoms with E-state index in [1.807, 2.05) is 6.07 Å². The fraction of sp³-hybridized carbons (Fsp3) is 0.556. The maximum atomic E-state index is 7.03. The van der Waals surface area contributed by atoms with Gasteiger partial charge in [-0.1, -0.05) is 64.1 Å². The molecule has 0 saturated carbocycles. The van der Waals surface area contributed by atoms with Crippen LogP contribution in [0.1, 0.15) is 52.2 Å². The minimum atomic E-state index is -0.502. The van der Waals surface area contributed by atoms with Gasteiger partial charge in [0.1, 0.15) is 12.3 Å². The summed E-state index contributed by atoms with van der Waals surface area (Å²) in [6, 6.07) is 19.2. The average Bonchev–Trinajstić information content (AvgIpc) is 2.68. The van der Waals surface area contributed by atoms with Gasteiger partial charge in [-0.15, -0.1) is 0 Å². The molecule has 0 amide bonds. The van der Waals surface area contributed by atoms with Crippen molar-refractivity contribution in [3.05, 3.63) is 65.7 Å². The quantitative estimate of drug-likeness (QED) is 0.274. The molecule has 2 aromatic rings. The van der Waals surface area contributed by atoms with Crippen molar-refractivity contribution in [3.8, 4) is 5.75 Å². The highest BCUT2D eigenvalue weighted by molar-refractivity contribution is 5.34. The first kappa shape index (κ1) is 30.4. The van der Waals surface area contributed by atoms with Crippen molar-refractivity contribution in [1.82, 2.24) is 0 Å². The van der Waals surface area contributed by atoms with Crippen LogP contribution in [-0.2, 0) is 16.9 Å². The molecule has 5 heteroatoms. The summed E-state index contributed by atoms with van der Waals surface area (Å²) in [5.41, 5.74) is 2.18. The number of quaternary nitrogens is 1. The minimum Gasteiger partial charge on any atom is -1.00 e. The van der Waals surface area contributed by atoms with Gasteiger partial charge in [-0.3, -0.25) is 4.48 Å². The normalized spacial score (nSPS) is 13.3. The van der Waals surface area contributed by atoms with Crippen LogP contribution in [0.25, 0.3) is 0 Å². The third kappa shape index (κ3) is 7.77. The first-order valence-electron chi connectivity index (χ1n) is 11.4. The first-order valence-corrected chi connectivity index (χ1v) is 11.4. The fourth-order valence-corrected chi connectivity index (χ4v) is 4.28. The Morgan fingerprint density at radius 1 is 0.875 bits per heavy atom. The van der Waals surface area contributed by atoms with Crippen LogP contribution in [0.5, 0.6) is 5.75 Å². The molecular formula is C27H44ClNO3. The summed E-state index contributed by atoms with van der Waals surface area (Å²) in [6.07, 6.45) is 1.97. The van der Waals surface area contributed by atoms with Crippen LogP contribution in [-0.4, -0.2) is 43.8 Å². The van der Waals surface area contributed by atoms with Crippen molar-refractivity contribution >= 4 is 0 Å². The Bertz CT molecular complexity index is 765. The van der Waals surface area contributed by atoms with Gasteiger partial charge < -0.3 is 27.4 Å². The van der Waals surface area contributed by atoms with Crippen molar-refractivity contribution in [1.29, 1.82) is 0 Å². The number of hydrogen-bond acceptors (Lipinski definition) is 2. The molecule has 1 unspecified atom stereocenters. The minimum absolute atomic E-state index is 0. The van der Waals surface area contributed by atoms with Crippen molar-refractivity contribution in [2.45, 2.75) is 53.2 Å². The van der Waals surface area contributed by atoms with Gasteiger partial charge in [0.15, 0.2) is 0 Å². The molecule has 0 aliphatic rings. The zero-order chi connectivity index (χ0) is 22.2. The maximum Gasteiger partial charge on any atom is 0.270 e. The molecule has 32 heavy (non-hydrogen) atoms. The number of hydrogen-bond donors (Lipinski definition) is 0. The average molecular weight is 466 g/mol. The molecule has 0 saturated heterocycles. The summed E-state index contributed by atoms with van der Waals surface area (Å²) in [5, 5.41) is 0. The maximum absolute atomic E-state index is 7.03. The molecule has 4 nitrogen and oxygen atoms in total. The number of likely N-dealkylation sites (N-methyl/N-ethyl adjacent to an activating group) is 1. The highest BCUT2D eigenvalue weighted by Crippen LogP contribution is 2.42. The van der Waals surface area contributed by atoms with Gasteiger partial charge in [0.05, 0.1) is 26.3 Å². The largest absolute Gasteiger partial charge is 1.00 e. The van der Waals surface area contributed by atoms with Crippen LogP contribution in [0, 0.1) is 11.8 Å². The Kier molecular flexibility index (Phi) is 13.2. The zero-order valence-electron chi connectivity index (χ0n) is 21.0. The van der Waals surface area contributed by atoms with Crippen LogP contribution < -0.4 is 17.1 Å². The van der Waals surface area contributed by atoms with Gasteiger partial charge in [0, 0.05) is 13.0 Å². The van der Waals surface area contributed by atoms with Crippen LogP contribution in [0.2, 0.25) is 0 Å². The summed E-state index contributed by atoms with van der Waals surface area (Å²) in [7, 11) is 4.58. The molecule has 0 bridgehead atoms. The van der Waals surface area contributed by atoms with Crippen LogP contribution in [0.3, 0.4) is 0 Å². The van der Waals surface area contributed by atoms with E-state index in [0.29, 0.717) is 22.9 Å². The van der Waals surface area contributed by atoms with Gasteiger partial charge in [-0.2, -0.15) is 0 Å². The number of ether oxygens (including phenoxy) is 2. The van der Waals surface area contributed by atoms with Crippen LogP contribution in [0.15, 0.2) is 54.6 Å². The molecule has 2 N–H and O–H groups in total. The molecule has 0 aliphatic carbocycles. The monoisotopic (exact) mass is 465 g/mol. The van der Waals surface area contributed by atoms with E-state index in [1.165, 1.54) is 11.1 Å². The number of para-hydroxylation sites is 1. The fourth-order valence-electron chi connectivity index (χ4n) is 4.28. The topological polar surface area (TPSA) is 50.0 Å². The van der Waals surface area contributed by atoms with Crippen molar-refractivity contribution in [2.75, 3.05) is 33.9 Å². The highest BCUT2D eigenvalue weighted by atomic mass is 35.5. The van der Waals surface area contributed by atoms with E-state index in [2.05, 4.69) is 97.2 Å². The predicted molar refractivity (Wildman–Crippen MR) is 130 cm³/mol. The molecule has 0 fully saturated rings. The van der Waals surface area contributed by atoms with Gasteiger partial charge in [0.25, 0.3) is 5.72 Å². The second kappa shape index (κ2) is 13.8. The number of benzene rings is 2. The molecule has 2 aromatic carbocycles. The lowest BCUT2D eigenvalue weighted by Crippen LogP contribution is -3.00.